The number of pyridine rings is 1. The standard InChI is InChI=1S/C16H16BrNO2S/c1-16(2,3)10-4-7-14(18-9-10)21-11-5-6-13(17)12(8-11)15(19)20/h4-9H,1-3H3,(H,19,20). The van der Waals surface area contributed by atoms with Crippen LogP contribution in [0.4, 0.5) is 0 Å². The number of carbonyl (C=O) groups is 1. The lowest BCUT2D eigenvalue weighted by atomic mass is 9.88. The normalized spacial score (nSPS) is 11.4. The van der Waals surface area contributed by atoms with Crippen LogP contribution in [0, 0.1) is 0 Å². The molecular formula is C16H16BrNO2S. The lowest BCUT2D eigenvalue weighted by Gasteiger charge is -2.18. The van der Waals surface area contributed by atoms with Crippen molar-refractivity contribution in [3.8, 4) is 0 Å². The molecule has 110 valence electrons. The average molecular weight is 366 g/mol. The number of carboxylic acids is 1. The number of halogens is 1. The van der Waals surface area contributed by atoms with Crippen molar-refractivity contribution in [2.75, 3.05) is 0 Å². The van der Waals surface area contributed by atoms with Crippen molar-refractivity contribution in [2.45, 2.75) is 36.1 Å². The second-order valence-electron chi connectivity index (χ2n) is 5.68. The molecule has 0 aliphatic rings. The van der Waals surface area contributed by atoms with E-state index in [-0.39, 0.29) is 11.0 Å². The van der Waals surface area contributed by atoms with Gasteiger partial charge in [-0.1, -0.05) is 38.6 Å². The molecule has 21 heavy (non-hydrogen) atoms. The van der Waals surface area contributed by atoms with E-state index in [0.717, 1.165) is 9.92 Å². The van der Waals surface area contributed by atoms with Crippen molar-refractivity contribution in [1.82, 2.24) is 4.98 Å². The SMILES string of the molecule is CC(C)(C)c1ccc(Sc2ccc(Br)c(C(=O)O)c2)nc1. The first-order valence-corrected chi connectivity index (χ1v) is 8.05. The Morgan fingerprint density at radius 1 is 1.24 bits per heavy atom. The molecule has 0 unspecified atom stereocenters. The molecule has 5 heteroatoms. The molecule has 0 saturated carbocycles. The van der Waals surface area contributed by atoms with Gasteiger partial charge in [0.05, 0.1) is 5.56 Å². The van der Waals surface area contributed by atoms with Crippen LogP contribution in [0.3, 0.4) is 0 Å². The Hall–Kier alpha value is -1.33. The fourth-order valence-corrected chi connectivity index (χ4v) is 2.95. The van der Waals surface area contributed by atoms with Crippen LogP contribution in [0.2, 0.25) is 0 Å². The van der Waals surface area contributed by atoms with Crippen molar-refractivity contribution in [3.63, 3.8) is 0 Å². The Morgan fingerprint density at radius 2 is 1.95 bits per heavy atom. The minimum atomic E-state index is -0.944. The van der Waals surface area contributed by atoms with E-state index in [0.29, 0.717) is 4.47 Å². The summed E-state index contributed by atoms with van der Waals surface area (Å²) >= 11 is 4.69. The van der Waals surface area contributed by atoms with Gasteiger partial charge in [-0.2, -0.15) is 0 Å². The fraction of sp³-hybridized carbons (Fsp3) is 0.250. The third-order valence-electron chi connectivity index (χ3n) is 2.99. The third kappa shape index (κ3) is 4.08. The number of benzene rings is 1. The average Bonchev–Trinajstić information content (AvgIpc) is 2.40. The summed E-state index contributed by atoms with van der Waals surface area (Å²) in [5, 5.41) is 9.98. The number of nitrogens with zero attached hydrogens (tertiary/aromatic N) is 1. The van der Waals surface area contributed by atoms with Crippen molar-refractivity contribution in [2.24, 2.45) is 0 Å². The predicted molar refractivity (Wildman–Crippen MR) is 88.2 cm³/mol. The molecule has 0 aliphatic heterocycles. The van der Waals surface area contributed by atoms with Crippen LogP contribution >= 0.6 is 27.7 Å². The number of aromatic nitrogens is 1. The summed E-state index contributed by atoms with van der Waals surface area (Å²) in [6.07, 6.45) is 1.87. The number of aromatic carboxylic acids is 1. The first-order chi connectivity index (χ1) is 9.77. The van der Waals surface area contributed by atoms with Crippen molar-refractivity contribution < 1.29 is 9.90 Å². The minimum absolute atomic E-state index is 0.0737. The monoisotopic (exact) mass is 365 g/mol. The largest absolute Gasteiger partial charge is 0.478 e. The van der Waals surface area contributed by atoms with Crippen LogP contribution in [0.15, 0.2) is 50.9 Å². The van der Waals surface area contributed by atoms with Gasteiger partial charge in [0.1, 0.15) is 5.03 Å². The molecule has 0 aliphatic carbocycles. The van der Waals surface area contributed by atoms with Crippen molar-refractivity contribution in [1.29, 1.82) is 0 Å². The van der Waals surface area contributed by atoms with Crippen LogP contribution in [0.1, 0.15) is 36.7 Å². The molecule has 0 radical (unpaired) electrons. The van der Waals surface area contributed by atoms with E-state index >= 15 is 0 Å². The molecule has 0 fully saturated rings. The summed E-state index contributed by atoms with van der Waals surface area (Å²) in [5.41, 5.74) is 1.50. The Labute approximate surface area is 136 Å². The molecule has 0 saturated heterocycles. The molecule has 3 nitrogen and oxygen atoms in total. The van der Waals surface area contributed by atoms with Gasteiger partial charge in [0.2, 0.25) is 0 Å². The minimum Gasteiger partial charge on any atom is -0.478 e. The number of hydrogen-bond acceptors (Lipinski definition) is 3. The fourth-order valence-electron chi connectivity index (χ4n) is 1.74. The maximum absolute atomic E-state index is 11.1. The first kappa shape index (κ1) is 16.0. The van der Waals surface area contributed by atoms with Crippen LogP contribution in [-0.4, -0.2) is 16.1 Å². The molecule has 0 bridgehead atoms. The van der Waals surface area contributed by atoms with Gasteiger partial charge >= 0.3 is 5.97 Å². The van der Waals surface area contributed by atoms with E-state index in [2.05, 4.69) is 47.8 Å². The Balaban J connectivity index is 2.22. The summed E-state index contributed by atoms with van der Waals surface area (Å²) in [6.45, 7) is 6.43. The van der Waals surface area contributed by atoms with Gasteiger partial charge in [0, 0.05) is 15.6 Å². The maximum atomic E-state index is 11.1. The first-order valence-electron chi connectivity index (χ1n) is 6.44. The molecule has 1 aromatic carbocycles. The van der Waals surface area contributed by atoms with E-state index in [1.165, 1.54) is 17.3 Å². The van der Waals surface area contributed by atoms with Crippen LogP contribution in [0.5, 0.6) is 0 Å². The van der Waals surface area contributed by atoms with Crippen LogP contribution in [0.25, 0.3) is 0 Å². The number of carboxylic acid groups (broad SMARTS) is 1. The summed E-state index contributed by atoms with van der Waals surface area (Å²) in [6, 6.07) is 9.30. The van der Waals surface area contributed by atoms with E-state index in [4.69, 9.17) is 5.11 Å². The molecule has 1 N–H and O–H groups in total. The van der Waals surface area contributed by atoms with Crippen LogP contribution in [-0.2, 0) is 5.41 Å². The Kier molecular flexibility index (Phi) is 4.74. The van der Waals surface area contributed by atoms with E-state index in [9.17, 15) is 4.79 Å². The highest BCUT2D eigenvalue weighted by Gasteiger charge is 2.14. The summed E-state index contributed by atoms with van der Waals surface area (Å²) in [5.74, 6) is -0.944. The lowest BCUT2D eigenvalue weighted by molar-refractivity contribution is 0.0695. The predicted octanol–water partition coefficient (Wildman–Crippen LogP) is 4.99. The highest BCUT2D eigenvalue weighted by atomic mass is 79.9. The van der Waals surface area contributed by atoms with Crippen molar-refractivity contribution in [3.05, 3.63) is 52.1 Å². The van der Waals surface area contributed by atoms with Gasteiger partial charge < -0.3 is 5.11 Å². The summed E-state index contributed by atoms with van der Waals surface area (Å²) in [7, 11) is 0. The molecule has 0 spiro atoms. The van der Waals surface area contributed by atoms with Crippen LogP contribution < -0.4 is 0 Å². The second-order valence-corrected chi connectivity index (χ2v) is 7.63. The van der Waals surface area contributed by atoms with Gasteiger partial charge in [0.25, 0.3) is 0 Å². The molecule has 2 aromatic rings. The molecule has 0 amide bonds. The van der Waals surface area contributed by atoms with Gasteiger partial charge in [-0.15, -0.1) is 0 Å². The third-order valence-corrected chi connectivity index (χ3v) is 4.62. The summed E-state index contributed by atoms with van der Waals surface area (Å²) in [4.78, 5) is 16.4. The smallest absolute Gasteiger partial charge is 0.336 e. The molecular weight excluding hydrogens is 350 g/mol. The van der Waals surface area contributed by atoms with Gasteiger partial charge in [-0.25, -0.2) is 9.78 Å². The number of rotatable bonds is 3. The molecule has 1 aromatic heterocycles. The van der Waals surface area contributed by atoms with Gasteiger partial charge in [-0.05, 0) is 51.2 Å². The molecule has 1 heterocycles. The Bertz CT molecular complexity index is 663. The van der Waals surface area contributed by atoms with Gasteiger partial charge in [0.15, 0.2) is 0 Å². The van der Waals surface area contributed by atoms with Gasteiger partial charge in [-0.3, -0.25) is 0 Å². The molecule has 0 atom stereocenters. The zero-order valence-electron chi connectivity index (χ0n) is 12.1. The Morgan fingerprint density at radius 3 is 2.48 bits per heavy atom. The zero-order valence-corrected chi connectivity index (χ0v) is 14.5. The van der Waals surface area contributed by atoms with Crippen molar-refractivity contribution >= 4 is 33.7 Å². The quantitative estimate of drug-likeness (QED) is 0.831. The van der Waals surface area contributed by atoms with E-state index in [1.807, 2.05) is 18.3 Å². The van der Waals surface area contributed by atoms with E-state index < -0.39 is 5.97 Å². The number of hydrogen-bond donors (Lipinski definition) is 1. The topological polar surface area (TPSA) is 50.2 Å². The highest BCUT2D eigenvalue weighted by Crippen LogP contribution is 2.30. The lowest BCUT2D eigenvalue weighted by Crippen LogP contribution is -2.11. The zero-order chi connectivity index (χ0) is 15.6. The highest BCUT2D eigenvalue weighted by molar-refractivity contribution is 9.10. The maximum Gasteiger partial charge on any atom is 0.336 e. The second kappa shape index (κ2) is 6.20. The molecule has 2 rings (SSSR count). The summed E-state index contributed by atoms with van der Waals surface area (Å²) < 4.78 is 0.579. The van der Waals surface area contributed by atoms with E-state index in [1.54, 1.807) is 12.1 Å².